The van der Waals surface area contributed by atoms with E-state index < -0.39 is 0 Å². The Bertz CT molecular complexity index is 341. The molecule has 76 valence electrons. The molecule has 1 aromatic rings. The second-order valence-electron chi connectivity index (χ2n) is 2.96. The topological polar surface area (TPSA) is 29.1 Å². The van der Waals surface area contributed by atoms with E-state index in [9.17, 15) is 4.79 Å². The highest BCUT2D eigenvalue weighted by Crippen LogP contribution is 2.25. The standard InChI is InChI=1S/C10H12BrNOS/c1-7-3-2-4-8(10(7)11)12-9(13)5-6-14/h2-4,14H,5-6H2,1H3,(H,12,13). The van der Waals surface area contributed by atoms with Crippen LogP contribution in [0.1, 0.15) is 12.0 Å². The molecular formula is C10H12BrNOS. The van der Waals surface area contributed by atoms with Gasteiger partial charge in [-0.3, -0.25) is 4.79 Å². The van der Waals surface area contributed by atoms with Gasteiger partial charge in [-0.05, 0) is 40.2 Å². The maximum Gasteiger partial charge on any atom is 0.225 e. The molecule has 0 spiro atoms. The first-order chi connectivity index (χ1) is 6.65. The second-order valence-corrected chi connectivity index (χ2v) is 4.20. The molecule has 0 heterocycles. The largest absolute Gasteiger partial charge is 0.325 e. The highest BCUT2D eigenvalue weighted by atomic mass is 79.9. The van der Waals surface area contributed by atoms with Crippen LogP contribution in [-0.2, 0) is 4.79 Å². The Morgan fingerprint density at radius 1 is 1.57 bits per heavy atom. The van der Waals surface area contributed by atoms with Gasteiger partial charge in [-0.15, -0.1) is 0 Å². The molecule has 0 unspecified atom stereocenters. The predicted molar refractivity (Wildman–Crippen MR) is 66.0 cm³/mol. The van der Waals surface area contributed by atoms with E-state index in [0.29, 0.717) is 12.2 Å². The summed E-state index contributed by atoms with van der Waals surface area (Å²) in [4.78, 5) is 11.3. The third-order valence-corrected chi connectivity index (χ3v) is 3.08. The predicted octanol–water partition coefficient (Wildman–Crippen LogP) is 3.02. The summed E-state index contributed by atoms with van der Waals surface area (Å²) >= 11 is 7.43. The fourth-order valence-corrected chi connectivity index (χ4v) is 1.62. The molecule has 0 saturated carbocycles. The Morgan fingerprint density at radius 2 is 2.29 bits per heavy atom. The number of thiol groups is 1. The lowest BCUT2D eigenvalue weighted by Crippen LogP contribution is -2.12. The Morgan fingerprint density at radius 3 is 2.93 bits per heavy atom. The van der Waals surface area contributed by atoms with E-state index in [1.54, 1.807) is 0 Å². The number of carbonyl (C=O) groups is 1. The van der Waals surface area contributed by atoms with Crippen LogP contribution in [0.2, 0.25) is 0 Å². The SMILES string of the molecule is Cc1cccc(NC(=O)CCS)c1Br. The minimum Gasteiger partial charge on any atom is -0.325 e. The van der Waals surface area contributed by atoms with Crippen molar-refractivity contribution in [2.24, 2.45) is 0 Å². The second kappa shape index (κ2) is 5.41. The van der Waals surface area contributed by atoms with E-state index in [0.717, 1.165) is 15.7 Å². The molecule has 1 amide bonds. The van der Waals surface area contributed by atoms with Crippen molar-refractivity contribution in [3.05, 3.63) is 28.2 Å². The van der Waals surface area contributed by atoms with Crippen molar-refractivity contribution in [2.75, 3.05) is 11.1 Å². The molecule has 0 radical (unpaired) electrons. The van der Waals surface area contributed by atoms with Crippen LogP contribution in [0.3, 0.4) is 0 Å². The zero-order chi connectivity index (χ0) is 10.6. The van der Waals surface area contributed by atoms with Gasteiger partial charge in [0.05, 0.1) is 5.69 Å². The van der Waals surface area contributed by atoms with Gasteiger partial charge in [0.15, 0.2) is 0 Å². The highest BCUT2D eigenvalue weighted by molar-refractivity contribution is 9.10. The number of aryl methyl sites for hydroxylation is 1. The lowest BCUT2D eigenvalue weighted by molar-refractivity contribution is -0.115. The summed E-state index contributed by atoms with van der Waals surface area (Å²) < 4.78 is 0.938. The fraction of sp³-hybridized carbons (Fsp3) is 0.300. The van der Waals surface area contributed by atoms with Crippen LogP contribution in [0.15, 0.2) is 22.7 Å². The lowest BCUT2D eigenvalue weighted by atomic mass is 10.2. The van der Waals surface area contributed by atoms with Gasteiger partial charge in [-0.25, -0.2) is 0 Å². The first kappa shape index (κ1) is 11.6. The molecule has 0 fully saturated rings. The normalized spacial score (nSPS) is 9.93. The van der Waals surface area contributed by atoms with Crippen molar-refractivity contribution in [2.45, 2.75) is 13.3 Å². The van der Waals surface area contributed by atoms with Crippen molar-refractivity contribution in [1.82, 2.24) is 0 Å². The number of amides is 1. The Labute approximate surface area is 97.6 Å². The molecular weight excluding hydrogens is 262 g/mol. The zero-order valence-electron chi connectivity index (χ0n) is 7.88. The molecule has 1 rings (SSSR count). The van der Waals surface area contributed by atoms with Crippen molar-refractivity contribution in [3.63, 3.8) is 0 Å². The molecule has 14 heavy (non-hydrogen) atoms. The van der Waals surface area contributed by atoms with Gasteiger partial charge in [0, 0.05) is 10.9 Å². The number of hydrogen-bond acceptors (Lipinski definition) is 2. The van der Waals surface area contributed by atoms with E-state index in [4.69, 9.17) is 0 Å². The van der Waals surface area contributed by atoms with Gasteiger partial charge >= 0.3 is 0 Å². The first-order valence-corrected chi connectivity index (χ1v) is 5.73. The maximum atomic E-state index is 11.3. The molecule has 4 heteroatoms. The number of halogens is 1. The number of rotatable bonds is 3. The smallest absolute Gasteiger partial charge is 0.225 e. The average molecular weight is 274 g/mol. The van der Waals surface area contributed by atoms with E-state index in [2.05, 4.69) is 33.9 Å². The average Bonchev–Trinajstić information content (AvgIpc) is 2.13. The third kappa shape index (κ3) is 3.03. The quantitative estimate of drug-likeness (QED) is 0.815. The van der Waals surface area contributed by atoms with Gasteiger partial charge in [-0.1, -0.05) is 12.1 Å². The molecule has 2 nitrogen and oxygen atoms in total. The summed E-state index contributed by atoms with van der Waals surface area (Å²) in [6.07, 6.45) is 0.434. The summed E-state index contributed by atoms with van der Waals surface area (Å²) in [5, 5.41) is 2.82. The summed E-state index contributed by atoms with van der Waals surface area (Å²) in [7, 11) is 0. The fourth-order valence-electron chi connectivity index (χ4n) is 1.06. The van der Waals surface area contributed by atoms with Crippen LogP contribution in [0, 0.1) is 6.92 Å². The highest BCUT2D eigenvalue weighted by Gasteiger charge is 2.05. The molecule has 0 aliphatic carbocycles. The van der Waals surface area contributed by atoms with Crippen LogP contribution in [-0.4, -0.2) is 11.7 Å². The van der Waals surface area contributed by atoms with Crippen LogP contribution in [0.4, 0.5) is 5.69 Å². The molecule has 0 aromatic heterocycles. The number of hydrogen-bond donors (Lipinski definition) is 2. The van der Waals surface area contributed by atoms with Crippen LogP contribution >= 0.6 is 28.6 Å². The summed E-state index contributed by atoms with van der Waals surface area (Å²) in [5.74, 6) is 0.557. The molecule has 0 atom stereocenters. The van der Waals surface area contributed by atoms with E-state index >= 15 is 0 Å². The van der Waals surface area contributed by atoms with E-state index in [1.165, 1.54) is 0 Å². The maximum absolute atomic E-state index is 11.3. The molecule has 0 bridgehead atoms. The zero-order valence-corrected chi connectivity index (χ0v) is 10.4. The van der Waals surface area contributed by atoms with E-state index in [-0.39, 0.29) is 5.91 Å². The van der Waals surface area contributed by atoms with Crippen molar-refractivity contribution >= 4 is 40.2 Å². The van der Waals surface area contributed by atoms with Gasteiger partial charge in [0.2, 0.25) is 5.91 Å². The van der Waals surface area contributed by atoms with Crippen molar-refractivity contribution in [1.29, 1.82) is 0 Å². The van der Waals surface area contributed by atoms with Gasteiger partial charge in [0.25, 0.3) is 0 Å². The Balaban J connectivity index is 2.76. The number of nitrogens with one attached hydrogen (secondary N) is 1. The van der Waals surface area contributed by atoms with Crippen LogP contribution in [0.5, 0.6) is 0 Å². The number of benzene rings is 1. The summed E-state index contributed by atoms with van der Waals surface area (Å²) in [5.41, 5.74) is 1.92. The monoisotopic (exact) mass is 273 g/mol. The molecule has 1 N–H and O–H groups in total. The Kier molecular flexibility index (Phi) is 4.48. The number of anilines is 1. The minimum absolute atomic E-state index is 0.00806. The molecule has 0 aliphatic rings. The van der Waals surface area contributed by atoms with Gasteiger partial charge in [-0.2, -0.15) is 12.6 Å². The Hall–Kier alpha value is -0.480. The molecule has 0 aliphatic heterocycles. The number of carbonyl (C=O) groups excluding carboxylic acids is 1. The third-order valence-electron chi connectivity index (χ3n) is 1.80. The lowest BCUT2D eigenvalue weighted by Gasteiger charge is -2.08. The van der Waals surface area contributed by atoms with Crippen molar-refractivity contribution < 1.29 is 4.79 Å². The summed E-state index contributed by atoms with van der Waals surface area (Å²) in [6.45, 7) is 1.98. The minimum atomic E-state index is -0.00806. The van der Waals surface area contributed by atoms with Crippen LogP contribution < -0.4 is 5.32 Å². The van der Waals surface area contributed by atoms with Crippen LogP contribution in [0.25, 0.3) is 0 Å². The van der Waals surface area contributed by atoms with E-state index in [1.807, 2.05) is 25.1 Å². The first-order valence-electron chi connectivity index (χ1n) is 4.31. The molecule has 1 aromatic carbocycles. The van der Waals surface area contributed by atoms with Crippen molar-refractivity contribution in [3.8, 4) is 0 Å². The van der Waals surface area contributed by atoms with Gasteiger partial charge in [0.1, 0.15) is 0 Å². The molecule has 0 saturated heterocycles. The van der Waals surface area contributed by atoms with Gasteiger partial charge < -0.3 is 5.32 Å². The summed E-state index contributed by atoms with van der Waals surface area (Å²) in [6, 6.07) is 5.77.